The molecule has 0 unspecified atom stereocenters. The average Bonchev–Trinajstić information content (AvgIpc) is 2.75. The maximum absolute atomic E-state index is 11.6. The molecular formula is C14H20N2O3S. The van der Waals surface area contributed by atoms with Crippen LogP contribution in [0, 0.1) is 12.8 Å². The Balaban J connectivity index is 1.69. The van der Waals surface area contributed by atoms with Crippen molar-refractivity contribution >= 4 is 15.9 Å². The van der Waals surface area contributed by atoms with Crippen LogP contribution in [0.25, 0.3) is 0 Å². The molecule has 5 nitrogen and oxygen atoms in total. The van der Waals surface area contributed by atoms with E-state index in [9.17, 15) is 13.2 Å². The molecule has 1 aliphatic heterocycles. The zero-order chi connectivity index (χ0) is 14.6. The highest BCUT2D eigenvalue weighted by atomic mass is 32.2. The molecule has 110 valence electrons. The molecule has 0 spiro atoms. The molecule has 1 fully saturated rings. The van der Waals surface area contributed by atoms with Crippen molar-refractivity contribution in [3.63, 3.8) is 0 Å². The third-order valence-electron chi connectivity index (χ3n) is 3.45. The van der Waals surface area contributed by atoms with E-state index >= 15 is 0 Å². The van der Waals surface area contributed by atoms with E-state index in [0.717, 1.165) is 5.56 Å². The van der Waals surface area contributed by atoms with Crippen LogP contribution in [0.4, 0.5) is 4.79 Å². The highest BCUT2D eigenvalue weighted by Gasteiger charge is 2.27. The lowest BCUT2D eigenvalue weighted by Gasteiger charge is -2.11. The van der Waals surface area contributed by atoms with E-state index < -0.39 is 9.84 Å². The number of carbonyl (C=O) groups is 1. The number of amides is 2. The zero-order valence-corrected chi connectivity index (χ0v) is 12.4. The van der Waals surface area contributed by atoms with E-state index in [4.69, 9.17) is 0 Å². The molecule has 1 heterocycles. The fourth-order valence-corrected chi connectivity index (χ4v) is 4.08. The summed E-state index contributed by atoms with van der Waals surface area (Å²) in [6.07, 6.45) is 0.639. The van der Waals surface area contributed by atoms with Gasteiger partial charge in [0.15, 0.2) is 9.84 Å². The summed E-state index contributed by atoms with van der Waals surface area (Å²) in [7, 11) is -2.87. The Morgan fingerprint density at radius 2 is 1.95 bits per heavy atom. The fraction of sp³-hybridized carbons (Fsp3) is 0.500. The molecule has 1 aromatic carbocycles. The largest absolute Gasteiger partial charge is 0.338 e. The molecule has 1 aromatic rings. The molecular weight excluding hydrogens is 276 g/mol. The van der Waals surface area contributed by atoms with Gasteiger partial charge in [-0.2, -0.15) is 0 Å². The molecule has 0 aliphatic carbocycles. The molecule has 2 rings (SSSR count). The van der Waals surface area contributed by atoms with Crippen molar-refractivity contribution in [1.29, 1.82) is 0 Å². The van der Waals surface area contributed by atoms with Crippen molar-refractivity contribution in [1.82, 2.24) is 10.6 Å². The van der Waals surface area contributed by atoms with Crippen LogP contribution in [0.2, 0.25) is 0 Å². The summed E-state index contributed by atoms with van der Waals surface area (Å²) in [4.78, 5) is 11.6. The minimum Gasteiger partial charge on any atom is -0.338 e. The number of benzene rings is 1. The predicted molar refractivity (Wildman–Crippen MR) is 78.2 cm³/mol. The van der Waals surface area contributed by atoms with E-state index in [0.29, 0.717) is 19.5 Å². The van der Waals surface area contributed by atoms with Crippen molar-refractivity contribution in [2.24, 2.45) is 5.92 Å². The van der Waals surface area contributed by atoms with Gasteiger partial charge in [-0.15, -0.1) is 0 Å². The minimum atomic E-state index is -2.87. The van der Waals surface area contributed by atoms with Gasteiger partial charge in [0.2, 0.25) is 0 Å². The Labute approximate surface area is 119 Å². The number of sulfone groups is 1. The summed E-state index contributed by atoms with van der Waals surface area (Å²) >= 11 is 0. The van der Waals surface area contributed by atoms with Crippen molar-refractivity contribution in [2.75, 3.05) is 18.1 Å². The first kappa shape index (κ1) is 14.8. The number of aryl methyl sites for hydroxylation is 1. The maximum Gasteiger partial charge on any atom is 0.315 e. The summed E-state index contributed by atoms with van der Waals surface area (Å²) in [5.41, 5.74) is 2.22. The second-order valence-corrected chi connectivity index (χ2v) is 7.55. The van der Waals surface area contributed by atoms with Crippen LogP contribution in [-0.2, 0) is 16.4 Å². The van der Waals surface area contributed by atoms with Crippen LogP contribution >= 0.6 is 0 Å². The molecule has 6 heteroatoms. The average molecular weight is 296 g/mol. The van der Waals surface area contributed by atoms with Crippen LogP contribution in [0.3, 0.4) is 0 Å². The Morgan fingerprint density at radius 3 is 2.55 bits per heavy atom. The van der Waals surface area contributed by atoms with Crippen molar-refractivity contribution < 1.29 is 13.2 Å². The molecule has 0 aromatic heterocycles. The fourth-order valence-electron chi connectivity index (χ4n) is 2.22. The predicted octanol–water partition coefficient (Wildman–Crippen LogP) is 1.23. The molecule has 20 heavy (non-hydrogen) atoms. The van der Waals surface area contributed by atoms with Crippen LogP contribution in [0.15, 0.2) is 24.3 Å². The topological polar surface area (TPSA) is 75.3 Å². The molecule has 1 aliphatic rings. The van der Waals surface area contributed by atoms with Gasteiger partial charge in [0.1, 0.15) is 0 Å². The Morgan fingerprint density at radius 1 is 1.25 bits per heavy atom. The lowest BCUT2D eigenvalue weighted by atomic mass is 10.1. The summed E-state index contributed by atoms with van der Waals surface area (Å²) < 4.78 is 22.6. The Hall–Kier alpha value is -1.56. The normalized spacial score (nSPS) is 20.6. The van der Waals surface area contributed by atoms with E-state index in [1.807, 2.05) is 31.2 Å². The number of carbonyl (C=O) groups excluding carboxylic acids is 1. The molecule has 1 atom stereocenters. The summed E-state index contributed by atoms with van der Waals surface area (Å²) in [6, 6.07) is 7.68. The second kappa shape index (κ2) is 6.26. The molecule has 0 radical (unpaired) electrons. The Kier molecular flexibility index (Phi) is 4.65. The molecule has 1 saturated heterocycles. The number of urea groups is 1. The van der Waals surface area contributed by atoms with Crippen molar-refractivity contribution in [3.05, 3.63) is 35.4 Å². The molecule has 2 amide bonds. The Bertz CT molecular complexity index is 567. The number of rotatable bonds is 4. The SMILES string of the molecule is Cc1ccc(CNC(=O)NC[C@@H]2CCS(=O)(=O)C2)cc1. The van der Waals surface area contributed by atoms with E-state index in [1.54, 1.807) is 0 Å². The number of hydrogen-bond acceptors (Lipinski definition) is 3. The van der Waals surface area contributed by atoms with Crippen LogP contribution in [0.5, 0.6) is 0 Å². The van der Waals surface area contributed by atoms with Gasteiger partial charge < -0.3 is 10.6 Å². The van der Waals surface area contributed by atoms with Gasteiger partial charge in [-0.3, -0.25) is 0 Å². The lowest BCUT2D eigenvalue weighted by molar-refractivity contribution is 0.239. The van der Waals surface area contributed by atoms with Gasteiger partial charge in [-0.1, -0.05) is 29.8 Å². The smallest absolute Gasteiger partial charge is 0.315 e. The molecule has 0 saturated carbocycles. The van der Waals surface area contributed by atoms with Crippen LogP contribution in [0.1, 0.15) is 17.5 Å². The van der Waals surface area contributed by atoms with E-state index in [2.05, 4.69) is 10.6 Å². The van der Waals surface area contributed by atoms with Gasteiger partial charge in [0.05, 0.1) is 11.5 Å². The lowest BCUT2D eigenvalue weighted by Crippen LogP contribution is -2.38. The van der Waals surface area contributed by atoms with Gasteiger partial charge >= 0.3 is 6.03 Å². The highest BCUT2D eigenvalue weighted by molar-refractivity contribution is 7.91. The monoisotopic (exact) mass is 296 g/mol. The number of nitrogens with one attached hydrogen (secondary N) is 2. The highest BCUT2D eigenvalue weighted by Crippen LogP contribution is 2.17. The third-order valence-corrected chi connectivity index (χ3v) is 5.29. The van der Waals surface area contributed by atoms with Crippen LogP contribution < -0.4 is 10.6 Å². The van der Waals surface area contributed by atoms with Gasteiger partial charge in [-0.25, -0.2) is 13.2 Å². The van der Waals surface area contributed by atoms with Gasteiger partial charge in [-0.05, 0) is 24.8 Å². The zero-order valence-electron chi connectivity index (χ0n) is 11.6. The second-order valence-electron chi connectivity index (χ2n) is 5.32. The summed E-state index contributed by atoms with van der Waals surface area (Å²) in [6.45, 7) is 2.90. The number of hydrogen-bond donors (Lipinski definition) is 2. The first-order valence-electron chi connectivity index (χ1n) is 6.72. The maximum atomic E-state index is 11.6. The van der Waals surface area contributed by atoms with Crippen LogP contribution in [-0.4, -0.2) is 32.5 Å². The van der Waals surface area contributed by atoms with Gasteiger partial charge in [0.25, 0.3) is 0 Å². The summed E-state index contributed by atoms with van der Waals surface area (Å²) in [5.74, 6) is 0.473. The third kappa shape index (κ3) is 4.52. The first-order valence-corrected chi connectivity index (χ1v) is 8.54. The minimum absolute atomic E-state index is 0.0464. The molecule has 0 bridgehead atoms. The standard InChI is InChI=1S/C14H20N2O3S/c1-11-2-4-12(5-3-11)8-15-14(17)16-9-13-6-7-20(18,19)10-13/h2-5,13H,6-10H2,1H3,(H2,15,16,17)/t13-/m0/s1. The van der Waals surface area contributed by atoms with Gasteiger partial charge in [0, 0.05) is 13.1 Å². The van der Waals surface area contributed by atoms with Crippen molar-refractivity contribution in [3.8, 4) is 0 Å². The van der Waals surface area contributed by atoms with E-state index in [-0.39, 0.29) is 23.5 Å². The quantitative estimate of drug-likeness (QED) is 0.877. The molecule has 2 N–H and O–H groups in total. The summed E-state index contributed by atoms with van der Waals surface area (Å²) in [5, 5.41) is 5.49. The first-order chi connectivity index (χ1) is 9.44. The van der Waals surface area contributed by atoms with Crippen molar-refractivity contribution in [2.45, 2.75) is 19.9 Å². The van der Waals surface area contributed by atoms with E-state index in [1.165, 1.54) is 5.56 Å².